The van der Waals surface area contributed by atoms with Gasteiger partial charge in [-0.1, -0.05) is 26.2 Å². The van der Waals surface area contributed by atoms with Gasteiger partial charge in [0, 0.05) is 12.1 Å². The van der Waals surface area contributed by atoms with Crippen LogP contribution in [0.25, 0.3) is 0 Å². The number of benzene rings is 1. The van der Waals surface area contributed by atoms with Crippen molar-refractivity contribution in [3.8, 4) is 0 Å². The van der Waals surface area contributed by atoms with Gasteiger partial charge < -0.3 is 5.32 Å². The van der Waals surface area contributed by atoms with E-state index >= 15 is 0 Å². The zero-order valence-corrected chi connectivity index (χ0v) is 11.6. The van der Waals surface area contributed by atoms with E-state index in [0.717, 1.165) is 18.2 Å². The van der Waals surface area contributed by atoms with E-state index in [9.17, 15) is 8.78 Å². The largest absolute Gasteiger partial charge is 0.314 e. The molecule has 0 heterocycles. The quantitative estimate of drug-likeness (QED) is 0.848. The topological polar surface area (TPSA) is 12.0 Å². The Hall–Kier alpha value is -0.960. The van der Waals surface area contributed by atoms with Crippen LogP contribution in [0.5, 0.6) is 0 Å². The Balaban J connectivity index is 2.06. The third-order valence-corrected chi connectivity index (χ3v) is 4.06. The van der Waals surface area contributed by atoms with Gasteiger partial charge in [-0.25, -0.2) is 8.78 Å². The molecule has 1 N–H and O–H groups in total. The van der Waals surface area contributed by atoms with Crippen LogP contribution in [0, 0.1) is 17.6 Å². The normalized spacial score (nSPS) is 18.5. The molecule has 1 aromatic rings. The van der Waals surface area contributed by atoms with Gasteiger partial charge in [0.2, 0.25) is 0 Å². The third-order valence-electron chi connectivity index (χ3n) is 4.06. The molecular weight excluding hydrogens is 244 g/mol. The summed E-state index contributed by atoms with van der Waals surface area (Å²) in [6, 6.07) is 4.19. The second-order valence-corrected chi connectivity index (χ2v) is 5.54. The fourth-order valence-corrected chi connectivity index (χ4v) is 3.19. The minimum Gasteiger partial charge on any atom is -0.314 e. The third kappa shape index (κ3) is 4.27. The minimum absolute atomic E-state index is 0.339. The maximum atomic E-state index is 13.2. The van der Waals surface area contributed by atoms with Gasteiger partial charge in [-0.3, -0.25) is 0 Å². The van der Waals surface area contributed by atoms with Gasteiger partial charge in [-0.2, -0.15) is 0 Å². The Bertz CT molecular complexity index is 379. The van der Waals surface area contributed by atoms with Crippen molar-refractivity contribution in [2.24, 2.45) is 5.92 Å². The van der Waals surface area contributed by atoms with E-state index < -0.39 is 11.6 Å². The predicted molar refractivity (Wildman–Crippen MR) is 74.1 cm³/mol. The van der Waals surface area contributed by atoms with Gasteiger partial charge in [0.05, 0.1) is 0 Å². The van der Waals surface area contributed by atoms with E-state index in [4.69, 9.17) is 0 Å². The second kappa shape index (κ2) is 6.99. The van der Waals surface area contributed by atoms with Crippen molar-refractivity contribution in [3.05, 3.63) is 35.4 Å². The fourth-order valence-electron chi connectivity index (χ4n) is 3.19. The number of rotatable bonds is 5. The molecule has 1 atom stereocenters. The van der Waals surface area contributed by atoms with E-state index in [0.29, 0.717) is 18.4 Å². The molecule has 1 aliphatic rings. The molecule has 106 valence electrons. The summed E-state index contributed by atoms with van der Waals surface area (Å²) < 4.78 is 26.5. The van der Waals surface area contributed by atoms with Crippen LogP contribution in [0.1, 0.15) is 44.6 Å². The highest BCUT2D eigenvalue weighted by Crippen LogP contribution is 2.28. The number of nitrogens with one attached hydrogen (secondary N) is 1. The lowest BCUT2D eigenvalue weighted by atomic mass is 9.81. The van der Waals surface area contributed by atoms with Crippen LogP contribution >= 0.6 is 0 Å². The van der Waals surface area contributed by atoms with Gasteiger partial charge in [-0.05, 0) is 49.4 Å². The monoisotopic (exact) mass is 267 g/mol. The van der Waals surface area contributed by atoms with Gasteiger partial charge in [0.25, 0.3) is 0 Å². The lowest BCUT2D eigenvalue weighted by molar-refractivity contribution is 0.269. The van der Waals surface area contributed by atoms with Crippen molar-refractivity contribution < 1.29 is 8.78 Å². The average molecular weight is 267 g/mol. The maximum Gasteiger partial charge on any atom is 0.126 e. The molecule has 0 radical (unpaired) electrons. The molecule has 1 saturated carbocycles. The van der Waals surface area contributed by atoms with Gasteiger partial charge >= 0.3 is 0 Å². The Kier molecular flexibility index (Phi) is 5.32. The van der Waals surface area contributed by atoms with Crippen molar-refractivity contribution in [2.75, 3.05) is 6.54 Å². The molecule has 19 heavy (non-hydrogen) atoms. The standard InChI is InChI=1S/C16H23F2N/c1-2-19-16(13-6-4-3-5-7-13)10-12-8-14(17)11-15(18)9-12/h8-9,11,13,16,19H,2-7,10H2,1H3. The first-order valence-electron chi connectivity index (χ1n) is 7.37. The SMILES string of the molecule is CCNC(Cc1cc(F)cc(F)c1)C1CCCCC1. The van der Waals surface area contributed by atoms with Crippen LogP contribution in [-0.4, -0.2) is 12.6 Å². The minimum atomic E-state index is -0.478. The van der Waals surface area contributed by atoms with E-state index in [1.165, 1.54) is 44.2 Å². The van der Waals surface area contributed by atoms with Gasteiger partial charge in [0.1, 0.15) is 11.6 Å². The van der Waals surface area contributed by atoms with Crippen LogP contribution in [0.3, 0.4) is 0 Å². The first-order valence-corrected chi connectivity index (χ1v) is 7.37. The number of hydrogen-bond acceptors (Lipinski definition) is 1. The van der Waals surface area contributed by atoms with Crippen molar-refractivity contribution in [1.82, 2.24) is 5.32 Å². The van der Waals surface area contributed by atoms with E-state index in [1.54, 1.807) is 0 Å². The molecule has 0 amide bonds. The summed E-state index contributed by atoms with van der Waals surface area (Å²) in [6.45, 7) is 2.99. The first-order chi connectivity index (χ1) is 9.19. The Morgan fingerprint density at radius 2 is 1.74 bits per heavy atom. The summed E-state index contributed by atoms with van der Waals surface area (Å²) in [4.78, 5) is 0. The fraction of sp³-hybridized carbons (Fsp3) is 0.625. The highest BCUT2D eigenvalue weighted by atomic mass is 19.1. The number of halogens is 2. The van der Waals surface area contributed by atoms with Crippen LogP contribution < -0.4 is 5.32 Å². The molecule has 0 aliphatic heterocycles. The molecule has 0 aromatic heterocycles. The summed E-state index contributed by atoms with van der Waals surface area (Å²) in [5.74, 6) is -0.317. The Morgan fingerprint density at radius 3 is 2.32 bits per heavy atom. The highest BCUT2D eigenvalue weighted by molar-refractivity contribution is 5.19. The number of hydrogen-bond donors (Lipinski definition) is 1. The second-order valence-electron chi connectivity index (χ2n) is 5.54. The summed E-state index contributed by atoms with van der Waals surface area (Å²) in [5.41, 5.74) is 0.758. The van der Waals surface area contributed by atoms with E-state index in [1.807, 2.05) is 0 Å². The van der Waals surface area contributed by atoms with Gasteiger partial charge in [0.15, 0.2) is 0 Å². The average Bonchev–Trinajstić information content (AvgIpc) is 2.38. The molecule has 1 nitrogen and oxygen atoms in total. The lowest BCUT2D eigenvalue weighted by Crippen LogP contribution is -2.39. The molecular formula is C16H23F2N. The Labute approximate surface area is 114 Å². The molecule has 0 spiro atoms. The summed E-state index contributed by atoms with van der Waals surface area (Å²) in [6.07, 6.45) is 7.07. The predicted octanol–water partition coefficient (Wildman–Crippen LogP) is 4.07. The van der Waals surface area contributed by atoms with E-state index in [2.05, 4.69) is 12.2 Å². The zero-order chi connectivity index (χ0) is 13.7. The smallest absolute Gasteiger partial charge is 0.126 e. The van der Waals surface area contributed by atoms with E-state index in [-0.39, 0.29) is 0 Å². The van der Waals surface area contributed by atoms with Crippen molar-refractivity contribution in [3.63, 3.8) is 0 Å². The molecule has 1 unspecified atom stereocenters. The van der Waals surface area contributed by atoms with Crippen LogP contribution in [0.2, 0.25) is 0 Å². The molecule has 0 bridgehead atoms. The van der Waals surface area contributed by atoms with Gasteiger partial charge in [-0.15, -0.1) is 0 Å². The van der Waals surface area contributed by atoms with Crippen molar-refractivity contribution in [2.45, 2.75) is 51.5 Å². The molecule has 1 aliphatic carbocycles. The molecule has 1 aromatic carbocycles. The summed E-state index contributed by atoms with van der Waals surface area (Å²) in [5, 5.41) is 3.49. The van der Waals surface area contributed by atoms with Crippen LogP contribution in [0.4, 0.5) is 8.78 Å². The van der Waals surface area contributed by atoms with Crippen molar-refractivity contribution in [1.29, 1.82) is 0 Å². The van der Waals surface area contributed by atoms with Crippen LogP contribution in [-0.2, 0) is 6.42 Å². The first kappa shape index (κ1) is 14.4. The summed E-state index contributed by atoms with van der Waals surface area (Å²) in [7, 11) is 0. The molecule has 2 rings (SSSR count). The summed E-state index contributed by atoms with van der Waals surface area (Å²) >= 11 is 0. The molecule has 0 saturated heterocycles. The molecule has 3 heteroatoms. The zero-order valence-electron chi connectivity index (χ0n) is 11.6. The maximum absolute atomic E-state index is 13.2. The molecule has 1 fully saturated rings. The van der Waals surface area contributed by atoms with Crippen LogP contribution in [0.15, 0.2) is 18.2 Å². The van der Waals surface area contributed by atoms with Crippen molar-refractivity contribution >= 4 is 0 Å². The lowest BCUT2D eigenvalue weighted by Gasteiger charge is -2.31. The Morgan fingerprint density at radius 1 is 1.11 bits per heavy atom. The number of likely N-dealkylation sites (N-methyl/N-ethyl adjacent to an activating group) is 1. The highest BCUT2D eigenvalue weighted by Gasteiger charge is 2.23.